The highest BCUT2D eigenvalue weighted by molar-refractivity contribution is 5.21. The van der Waals surface area contributed by atoms with Crippen molar-refractivity contribution >= 4 is 0 Å². The van der Waals surface area contributed by atoms with Gasteiger partial charge in [0.2, 0.25) is 0 Å². The SMILES string of the molecule is CCNCC(O)c1cc(F)c(F)c(F)c1. The average molecular weight is 219 g/mol. The first-order valence-corrected chi connectivity index (χ1v) is 4.59. The van der Waals surface area contributed by atoms with Crippen LogP contribution in [0.15, 0.2) is 12.1 Å². The van der Waals surface area contributed by atoms with Crippen LogP contribution in [0.25, 0.3) is 0 Å². The molecule has 0 aliphatic carbocycles. The highest BCUT2D eigenvalue weighted by atomic mass is 19.2. The molecule has 0 aliphatic heterocycles. The number of rotatable bonds is 4. The molecular weight excluding hydrogens is 207 g/mol. The molecule has 2 N–H and O–H groups in total. The minimum Gasteiger partial charge on any atom is -0.387 e. The molecule has 0 heterocycles. The Balaban J connectivity index is 2.86. The molecule has 84 valence electrons. The van der Waals surface area contributed by atoms with Crippen LogP contribution in [0.2, 0.25) is 0 Å². The third-order valence-corrected chi connectivity index (χ3v) is 1.98. The van der Waals surface area contributed by atoms with Gasteiger partial charge in [0.05, 0.1) is 6.10 Å². The highest BCUT2D eigenvalue weighted by Gasteiger charge is 2.14. The number of hydrogen-bond acceptors (Lipinski definition) is 2. The number of halogens is 3. The van der Waals surface area contributed by atoms with Gasteiger partial charge in [0, 0.05) is 6.54 Å². The Bertz CT molecular complexity index is 320. The molecule has 0 saturated carbocycles. The van der Waals surface area contributed by atoms with Gasteiger partial charge in [-0.25, -0.2) is 13.2 Å². The lowest BCUT2D eigenvalue weighted by Crippen LogP contribution is -2.21. The van der Waals surface area contributed by atoms with E-state index < -0.39 is 23.6 Å². The van der Waals surface area contributed by atoms with E-state index in [9.17, 15) is 18.3 Å². The van der Waals surface area contributed by atoms with Crippen molar-refractivity contribution < 1.29 is 18.3 Å². The lowest BCUT2D eigenvalue weighted by molar-refractivity contribution is 0.174. The van der Waals surface area contributed by atoms with E-state index in [4.69, 9.17) is 0 Å². The van der Waals surface area contributed by atoms with Gasteiger partial charge in [-0.05, 0) is 24.2 Å². The maximum atomic E-state index is 12.8. The predicted octanol–water partition coefficient (Wildman–Crippen LogP) is 1.75. The van der Waals surface area contributed by atoms with Crippen LogP contribution in [0.4, 0.5) is 13.2 Å². The van der Waals surface area contributed by atoms with Gasteiger partial charge in [-0.1, -0.05) is 6.92 Å². The molecule has 0 saturated heterocycles. The summed E-state index contributed by atoms with van der Waals surface area (Å²) in [4.78, 5) is 0. The minimum absolute atomic E-state index is 0.0207. The molecule has 0 amide bonds. The number of benzene rings is 1. The van der Waals surface area contributed by atoms with E-state index in [1.165, 1.54) is 0 Å². The van der Waals surface area contributed by atoms with Crippen molar-refractivity contribution in [2.45, 2.75) is 13.0 Å². The Morgan fingerprint density at radius 3 is 2.27 bits per heavy atom. The monoisotopic (exact) mass is 219 g/mol. The third-order valence-electron chi connectivity index (χ3n) is 1.98. The second kappa shape index (κ2) is 5.14. The summed E-state index contributed by atoms with van der Waals surface area (Å²) in [6.45, 7) is 2.63. The van der Waals surface area contributed by atoms with Crippen molar-refractivity contribution in [2.24, 2.45) is 0 Å². The first-order valence-electron chi connectivity index (χ1n) is 4.59. The van der Waals surface area contributed by atoms with Crippen LogP contribution >= 0.6 is 0 Å². The zero-order chi connectivity index (χ0) is 11.4. The summed E-state index contributed by atoms with van der Waals surface area (Å²) in [6, 6.07) is 1.58. The van der Waals surface area contributed by atoms with E-state index in [2.05, 4.69) is 5.32 Å². The molecule has 0 aromatic heterocycles. The van der Waals surface area contributed by atoms with Crippen LogP contribution in [0.3, 0.4) is 0 Å². The van der Waals surface area contributed by atoms with E-state index >= 15 is 0 Å². The first-order chi connectivity index (χ1) is 7.06. The molecule has 0 radical (unpaired) electrons. The molecule has 2 nitrogen and oxygen atoms in total. The molecule has 0 aliphatic rings. The van der Waals surface area contributed by atoms with E-state index in [0.717, 1.165) is 12.1 Å². The molecule has 0 fully saturated rings. The fourth-order valence-corrected chi connectivity index (χ4v) is 1.17. The van der Waals surface area contributed by atoms with Crippen molar-refractivity contribution in [1.82, 2.24) is 5.32 Å². The summed E-state index contributed by atoms with van der Waals surface area (Å²) in [7, 11) is 0. The summed E-state index contributed by atoms with van der Waals surface area (Å²) >= 11 is 0. The molecule has 1 rings (SSSR count). The second-order valence-electron chi connectivity index (χ2n) is 3.12. The minimum atomic E-state index is -1.52. The van der Waals surface area contributed by atoms with Gasteiger partial charge in [-0.15, -0.1) is 0 Å². The van der Waals surface area contributed by atoms with E-state index in [1.807, 2.05) is 6.92 Å². The zero-order valence-electron chi connectivity index (χ0n) is 8.23. The lowest BCUT2D eigenvalue weighted by atomic mass is 10.1. The van der Waals surface area contributed by atoms with Gasteiger partial charge in [0.1, 0.15) is 0 Å². The van der Waals surface area contributed by atoms with Crippen molar-refractivity contribution in [3.8, 4) is 0 Å². The molecule has 1 atom stereocenters. The summed E-state index contributed by atoms with van der Waals surface area (Å²) in [6.07, 6.45) is -1.05. The molecule has 0 spiro atoms. The van der Waals surface area contributed by atoms with Crippen LogP contribution in [0, 0.1) is 17.5 Å². The smallest absolute Gasteiger partial charge is 0.194 e. The Labute approximate surface area is 85.7 Å². The van der Waals surface area contributed by atoms with Crippen LogP contribution in [0.1, 0.15) is 18.6 Å². The number of aliphatic hydroxyl groups excluding tert-OH is 1. The molecule has 0 bridgehead atoms. The number of likely N-dealkylation sites (N-methyl/N-ethyl adjacent to an activating group) is 1. The predicted molar refractivity (Wildman–Crippen MR) is 49.8 cm³/mol. The summed E-state index contributed by atoms with van der Waals surface area (Å²) in [5.41, 5.74) is 0.0207. The zero-order valence-corrected chi connectivity index (χ0v) is 8.23. The Kier molecular flexibility index (Phi) is 4.11. The standard InChI is InChI=1S/C10H12F3NO/c1-2-14-5-9(15)6-3-7(11)10(13)8(12)4-6/h3-4,9,14-15H,2,5H2,1H3. The number of aliphatic hydroxyl groups is 1. The van der Waals surface area contributed by atoms with Gasteiger partial charge in [0.15, 0.2) is 17.5 Å². The summed E-state index contributed by atoms with van der Waals surface area (Å²) < 4.78 is 38.1. The molecular formula is C10H12F3NO. The van der Waals surface area contributed by atoms with Crippen molar-refractivity contribution in [2.75, 3.05) is 13.1 Å². The van der Waals surface area contributed by atoms with E-state index in [1.54, 1.807) is 0 Å². The van der Waals surface area contributed by atoms with Crippen LogP contribution < -0.4 is 5.32 Å². The normalized spacial score (nSPS) is 12.9. The Morgan fingerprint density at radius 1 is 1.27 bits per heavy atom. The van der Waals surface area contributed by atoms with Crippen molar-refractivity contribution in [3.63, 3.8) is 0 Å². The topological polar surface area (TPSA) is 32.3 Å². The van der Waals surface area contributed by atoms with E-state index in [0.29, 0.717) is 6.54 Å². The third kappa shape index (κ3) is 2.94. The molecule has 15 heavy (non-hydrogen) atoms. The number of nitrogens with one attached hydrogen (secondary N) is 1. The van der Waals surface area contributed by atoms with E-state index in [-0.39, 0.29) is 12.1 Å². The fourth-order valence-electron chi connectivity index (χ4n) is 1.17. The average Bonchev–Trinajstić information content (AvgIpc) is 2.21. The van der Waals surface area contributed by atoms with Crippen LogP contribution in [0.5, 0.6) is 0 Å². The maximum Gasteiger partial charge on any atom is 0.194 e. The van der Waals surface area contributed by atoms with Crippen LogP contribution in [-0.4, -0.2) is 18.2 Å². The summed E-state index contributed by atoms with van der Waals surface area (Å²) in [5, 5.41) is 12.3. The number of hydrogen-bond donors (Lipinski definition) is 2. The fraction of sp³-hybridized carbons (Fsp3) is 0.400. The summed E-state index contributed by atoms with van der Waals surface area (Å²) in [5.74, 6) is -4.10. The van der Waals surface area contributed by atoms with Crippen LogP contribution in [-0.2, 0) is 0 Å². The van der Waals surface area contributed by atoms with Gasteiger partial charge in [-0.3, -0.25) is 0 Å². The largest absolute Gasteiger partial charge is 0.387 e. The Morgan fingerprint density at radius 2 is 1.80 bits per heavy atom. The highest BCUT2D eigenvalue weighted by Crippen LogP contribution is 2.18. The van der Waals surface area contributed by atoms with Gasteiger partial charge in [0.25, 0.3) is 0 Å². The van der Waals surface area contributed by atoms with Gasteiger partial charge >= 0.3 is 0 Å². The van der Waals surface area contributed by atoms with Crippen molar-refractivity contribution in [3.05, 3.63) is 35.1 Å². The quantitative estimate of drug-likeness (QED) is 0.756. The van der Waals surface area contributed by atoms with Crippen molar-refractivity contribution in [1.29, 1.82) is 0 Å². The molecule has 1 unspecified atom stereocenters. The lowest BCUT2D eigenvalue weighted by Gasteiger charge is -2.11. The first kappa shape index (κ1) is 12.0. The molecule has 1 aromatic rings. The molecule has 1 aromatic carbocycles. The van der Waals surface area contributed by atoms with Gasteiger partial charge in [-0.2, -0.15) is 0 Å². The Hall–Kier alpha value is -1.07. The second-order valence-corrected chi connectivity index (χ2v) is 3.12. The molecule has 5 heteroatoms. The van der Waals surface area contributed by atoms with Gasteiger partial charge < -0.3 is 10.4 Å². The maximum absolute atomic E-state index is 12.8.